The number of fused-ring (bicyclic) bond motifs is 1. The Kier molecular flexibility index (Phi) is 3.58. The van der Waals surface area contributed by atoms with E-state index in [2.05, 4.69) is 5.32 Å². The molecular weight excluding hydrogens is 278 g/mol. The molecule has 0 unspecified atom stereocenters. The van der Waals surface area contributed by atoms with E-state index < -0.39 is 0 Å². The second-order valence-electron chi connectivity index (χ2n) is 5.02. The fraction of sp³-hybridized carbons (Fsp3) is 0.118. The summed E-state index contributed by atoms with van der Waals surface area (Å²) in [5, 5.41) is 11.5. The lowest BCUT2D eigenvalue weighted by Crippen LogP contribution is -2.35. The minimum atomic E-state index is -0.269. The number of carbonyl (C=O) groups excluding carboxylic acids is 2. The maximum absolute atomic E-state index is 12.1. The van der Waals surface area contributed by atoms with Crippen LogP contribution >= 0.6 is 0 Å². The normalized spacial score (nSPS) is 12.7. The molecule has 0 radical (unpaired) electrons. The largest absolute Gasteiger partial charge is 0.325 e. The van der Waals surface area contributed by atoms with Gasteiger partial charge in [0.1, 0.15) is 6.54 Å². The number of nitriles is 1. The highest BCUT2D eigenvalue weighted by molar-refractivity contribution is 6.07. The third kappa shape index (κ3) is 2.67. The van der Waals surface area contributed by atoms with Gasteiger partial charge in [-0.05, 0) is 35.9 Å². The molecule has 0 saturated heterocycles. The number of hydrogen-bond donors (Lipinski definition) is 1. The second kappa shape index (κ2) is 5.70. The van der Waals surface area contributed by atoms with Crippen LogP contribution < -0.4 is 10.2 Å². The zero-order valence-electron chi connectivity index (χ0n) is 11.7. The van der Waals surface area contributed by atoms with Crippen molar-refractivity contribution < 1.29 is 9.59 Å². The van der Waals surface area contributed by atoms with Gasteiger partial charge in [-0.25, -0.2) is 0 Å². The van der Waals surface area contributed by atoms with E-state index in [4.69, 9.17) is 5.26 Å². The van der Waals surface area contributed by atoms with Gasteiger partial charge in [-0.15, -0.1) is 0 Å². The van der Waals surface area contributed by atoms with Crippen LogP contribution in [0.5, 0.6) is 0 Å². The van der Waals surface area contributed by atoms with Crippen LogP contribution in [0.25, 0.3) is 0 Å². The Morgan fingerprint density at radius 2 is 1.91 bits per heavy atom. The Hall–Kier alpha value is -3.13. The molecule has 1 aliphatic rings. The van der Waals surface area contributed by atoms with E-state index in [9.17, 15) is 9.59 Å². The smallest absolute Gasteiger partial charge is 0.244 e. The Morgan fingerprint density at radius 3 is 2.64 bits per heavy atom. The molecule has 108 valence electrons. The van der Waals surface area contributed by atoms with Crippen molar-refractivity contribution >= 4 is 23.2 Å². The van der Waals surface area contributed by atoms with E-state index in [0.29, 0.717) is 17.7 Å². The van der Waals surface area contributed by atoms with Gasteiger partial charge in [0.25, 0.3) is 0 Å². The lowest BCUT2D eigenvalue weighted by atomic mass is 10.2. The molecule has 0 fully saturated rings. The Balaban J connectivity index is 1.69. The fourth-order valence-corrected chi connectivity index (χ4v) is 2.46. The standard InChI is InChI=1S/C17H13N3O2/c18-10-12-5-7-14(8-6-12)19-16(21)11-20-15-4-2-1-3-13(15)9-17(20)22/h1-8H,9,11H2,(H,19,21). The molecule has 0 atom stereocenters. The van der Waals surface area contributed by atoms with Gasteiger partial charge < -0.3 is 10.2 Å². The van der Waals surface area contributed by atoms with Crippen LogP contribution in [0.1, 0.15) is 11.1 Å². The summed E-state index contributed by atoms with van der Waals surface area (Å²) >= 11 is 0. The third-order valence-corrected chi connectivity index (χ3v) is 3.52. The van der Waals surface area contributed by atoms with Crippen molar-refractivity contribution in [2.45, 2.75) is 6.42 Å². The first-order chi connectivity index (χ1) is 10.7. The molecule has 0 spiro atoms. The molecule has 0 saturated carbocycles. The summed E-state index contributed by atoms with van der Waals surface area (Å²) in [4.78, 5) is 25.6. The second-order valence-corrected chi connectivity index (χ2v) is 5.02. The molecule has 22 heavy (non-hydrogen) atoms. The third-order valence-electron chi connectivity index (χ3n) is 3.52. The number of hydrogen-bond acceptors (Lipinski definition) is 3. The molecule has 1 aliphatic heterocycles. The van der Waals surface area contributed by atoms with Gasteiger partial charge in [-0.3, -0.25) is 9.59 Å². The van der Waals surface area contributed by atoms with E-state index in [-0.39, 0.29) is 18.4 Å². The van der Waals surface area contributed by atoms with Gasteiger partial charge in [0, 0.05) is 11.4 Å². The maximum Gasteiger partial charge on any atom is 0.244 e. The van der Waals surface area contributed by atoms with Crippen LogP contribution in [0.3, 0.4) is 0 Å². The summed E-state index contributed by atoms with van der Waals surface area (Å²) in [6.07, 6.45) is 0.334. The SMILES string of the molecule is N#Cc1ccc(NC(=O)CN2C(=O)Cc3ccccc32)cc1. The number of anilines is 2. The van der Waals surface area contributed by atoms with Gasteiger partial charge in [-0.2, -0.15) is 5.26 Å². The highest BCUT2D eigenvalue weighted by Crippen LogP contribution is 2.28. The predicted molar refractivity (Wildman–Crippen MR) is 82.3 cm³/mol. The van der Waals surface area contributed by atoms with Crippen molar-refractivity contribution in [1.82, 2.24) is 0 Å². The highest BCUT2D eigenvalue weighted by atomic mass is 16.2. The number of amides is 2. The molecule has 0 aromatic heterocycles. The van der Waals surface area contributed by atoms with Crippen LogP contribution in [0.15, 0.2) is 48.5 Å². The molecule has 1 heterocycles. The van der Waals surface area contributed by atoms with Gasteiger partial charge in [0.2, 0.25) is 11.8 Å². The zero-order chi connectivity index (χ0) is 15.5. The maximum atomic E-state index is 12.1. The first-order valence-electron chi connectivity index (χ1n) is 6.85. The molecule has 5 heteroatoms. The quantitative estimate of drug-likeness (QED) is 0.941. The van der Waals surface area contributed by atoms with E-state index in [1.165, 1.54) is 4.90 Å². The van der Waals surface area contributed by atoms with Crippen LogP contribution in [0.2, 0.25) is 0 Å². The Labute approximate surface area is 127 Å². The van der Waals surface area contributed by atoms with Crippen LogP contribution in [0.4, 0.5) is 11.4 Å². The van der Waals surface area contributed by atoms with Crippen molar-refractivity contribution in [2.24, 2.45) is 0 Å². The average Bonchev–Trinajstić information content (AvgIpc) is 2.84. The molecule has 0 aliphatic carbocycles. The molecular formula is C17H13N3O2. The lowest BCUT2D eigenvalue weighted by Gasteiger charge is -2.17. The van der Waals surface area contributed by atoms with E-state index >= 15 is 0 Å². The molecule has 0 bridgehead atoms. The topological polar surface area (TPSA) is 73.2 Å². The van der Waals surface area contributed by atoms with E-state index in [1.54, 1.807) is 24.3 Å². The number of nitrogens with zero attached hydrogens (tertiary/aromatic N) is 2. The van der Waals surface area contributed by atoms with E-state index in [1.807, 2.05) is 30.3 Å². The van der Waals surface area contributed by atoms with Crippen LogP contribution in [-0.2, 0) is 16.0 Å². The minimum absolute atomic E-state index is 0.0180. The highest BCUT2D eigenvalue weighted by Gasteiger charge is 2.28. The van der Waals surface area contributed by atoms with Gasteiger partial charge in [0.05, 0.1) is 18.1 Å². The molecule has 5 nitrogen and oxygen atoms in total. The molecule has 2 amide bonds. The van der Waals surface area contributed by atoms with Crippen LogP contribution in [0, 0.1) is 11.3 Å². The number of nitrogens with one attached hydrogen (secondary N) is 1. The molecule has 2 aromatic carbocycles. The lowest BCUT2D eigenvalue weighted by molar-refractivity contribution is -0.120. The van der Waals surface area contributed by atoms with Crippen molar-refractivity contribution in [3.63, 3.8) is 0 Å². The molecule has 1 N–H and O–H groups in total. The number of carbonyl (C=O) groups is 2. The summed E-state index contributed by atoms with van der Waals surface area (Å²) in [6, 6.07) is 16.1. The monoisotopic (exact) mass is 291 g/mol. The van der Waals surface area contributed by atoms with Crippen molar-refractivity contribution in [3.8, 4) is 6.07 Å². The average molecular weight is 291 g/mol. The Bertz CT molecular complexity index is 775. The van der Waals surface area contributed by atoms with Crippen molar-refractivity contribution in [2.75, 3.05) is 16.8 Å². The summed E-state index contributed by atoms with van der Waals surface area (Å²) in [5.74, 6) is -0.342. The Morgan fingerprint density at radius 1 is 1.18 bits per heavy atom. The predicted octanol–water partition coefficient (Wildman–Crippen LogP) is 2.09. The zero-order valence-corrected chi connectivity index (χ0v) is 11.7. The summed E-state index contributed by atoms with van der Waals surface area (Å²) in [6.45, 7) is -0.0180. The fourth-order valence-electron chi connectivity index (χ4n) is 2.46. The first kappa shape index (κ1) is 13.8. The van der Waals surface area contributed by atoms with Gasteiger partial charge in [-0.1, -0.05) is 18.2 Å². The first-order valence-corrected chi connectivity index (χ1v) is 6.85. The summed E-state index contributed by atoms with van der Waals surface area (Å²) < 4.78 is 0. The number of para-hydroxylation sites is 1. The molecule has 2 aromatic rings. The van der Waals surface area contributed by atoms with Gasteiger partial charge in [0.15, 0.2) is 0 Å². The van der Waals surface area contributed by atoms with Gasteiger partial charge >= 0.3 is 0 Å². The minimum Gasteiger partial charge on any atom is -0.325 e. The molecule has 3 rings (SSSR count). The van der Waals surface area contributed by atoms with E-state index in [0.717, 1.165) is 11.3 Å². The number of rotatable bonds is 3. The summed E-state index contributed by atoms with van der Waals surface area (Å²) in [7, 11) is 0. The summed E-state index contributed by atoms with van der Waals surface area (Å²) in [5.41, 5.74) is 2.87. The van der Waals surface area contributed by atoms with Crippen molar-refractivity contribution in [3.05, 3.63) is 59.7 Å². The van der Waals surface area contributed by atoms with Crippen LogP contribution in [-0.4, -0.2) is 18.4 Å². The van der Waals surface area contributed by atoms with Crippen molar-refractivity contribution in [1.29, 1.82) is 5.26 Å². The number of benzene rings is 2.